The number of allylic oxidation sites excluding steroid dienone is 1. The van der Waals surface area contributed by atoms with Gasteiger partial charge in [-0.2, -0.15) is 0 Å². The molecule has 0 bridgehead atoms. The summed E-state index contributed by atoms with van der Waals surface area (Å²) in [7, 11) is 0. The van der Waals surface area contributed by atoms with Gasteiger partial charge in [-0.1, -0.05) is 32.1 Å². The van der Waals surface area contributed by atoms with Crippen LogP contribution in [0.4, 0.5) is 0 Å². The van der Waals surface area contributed by atoms with E-state index in [1.165, 1.54) is 17.7 Å². The average Bonchev–Trinajstić information content (AvgIpc) is 3.29. The molecule has 1 saturated heterocycles. The van der Waals surface area contributed by atoms with Crippen LogP contribution in [0.15, 0.2) is 42.6 Å². The summed E-state index contributed by atoms with van der Waals surface area (Å²) in [4.78, 5) is 21.5. The Kier molecular flexibility index (Phi) is 6.80. The molecule has 1 fully saturated rings. The number of nitrogens with one attached hydrogen (secondary N) is 1. The maximum Gasteiger partial charge on any atom is 0.261 e. The Labute approximate surface area is 166 Å². The van der Waals surface area contributed by atoms with E-state index in [0.29, 0.717) is 18.5 Å². The molecule has 0 spiro atoms. The summed E-state index contributed by atoms with van der Waals surface area (Å²) >= 11 is 1.62. The number of pyridine rings is 1. The standard InChI is InChI=1S/C22H29N3OS/c1-16(2)7-5-13-25-14-6-9-19(25)20-10-11-21(27-20)22(26)24-15-18-17(3)8-4-12-23-18/h4-5,7-8,10-12,16,19H,6,9,13-15H2,1-3H3,(H,24,26)/b7-5+. The molecule has 1 N–H and O–H groups in total. The van der Waals surface area contributed by atoms with Crippen LogP contribution in [0.2, 0.25) is 0 Å². The maximum absolute atomic E-state index is 12.5. The number of amides is 1. The van der Waals surface area contributed by atoms with E-state index in [4.69, 9.17) is 0 Å². The lowest BCUT2D eigenvalue weighted by molar-refractivity contribution is 0.0954. The van der Waals surface area contributed by atoms with Crippen LogP contribution in [0.1, 0.15) is 58.5 Å². The molecule has 3 rings (SSSR count). The van der Waals surface area contributed by atoms with Crippen molar-refractivity contribution in [1.29, 1.82) is 0 Å². The Bertz CT molecular complexity index is 796. The van der Waals surface area contributed by atoms with E-state index < -0.39 is 0 Å². The zero-order valence-corrected chi connectivity index (χ0v) is 17.3. The number of rotatable bonds is 7. The van der Waals surface area contributed by atoms with Crippen LogP contribution in [-0.2, 0) is 6.54 Å². The third-order valence-corrected chi connectivity index (χ3v) is 6.12. The van der Waals surface area contributed by atoms with E-state index >= 15 is 0 Å². The fourth-order valence-electron chi connectivity index (χ4n) is 3.44. The first-order valence-electron chi connectivity index (χ1n) is 9.73. The summed E-state index contributed by atoms with van der Waals surface area (Å²) in [6.45, 7) is 9.00. The molecule has 2 aromatic heterocycles. The zero-order valence-electron chi connectivity index (χ0n) is 16.4. The molecular weight excluding hydrogens is 354 g/mol. The SMILES string of the molecule is Cc1cccnc1CNC(=O)c1ccc(C2CCCN2C/C=C/C(C)C)s1. The van der Waals surface area contributed by atoms with Crippen LogP contribution in [0, 0.1) is 12.8 Å². The Morgan fingerprint density at radius 2 is 2.26 bits per heavy atom. The Hall–Kier alpha value is -1.98. The van der Waals surface area contributed by atoms with E-state index in [-0.39, 0.29) is 5.91 Å². The van der Waals surface area contributed by atoms with Crippen molar-refractivity contribution in [2.75, 3.05) is 13.1 Å². The smallest absolute Gasteiger partial charge is 0.261 e. The lowest BCUT2D eigenvalue weighted by Gasteiger charge is -2.22. The second-order valence-electron chi connectivity index (χ2n) is 7.48. The molecule has 0 radical (unpaired) electrons. The van der Waals surface area contributed by atoms with Gasteiger partial charge in [0.05, 0.1) is 17.1 Å². The van der Waals surface area contributed by atoms with Gasteiger partial charge in [-0.3, -0.25) is 14.7 Å². The molecule has 3 heterocycles. The summed E-state index contributed by atoms with van der Waals surface area (Å²) in [6.07, 6.45) is 8.70. The van der Waals surface area contributed by atoms with E-state index in [9.17, 15) is 4.79 Å². The van der Waals surface area contributed by atoms with Crippen LogP contribution in [0.5, 0.6) is 0 Å². The number of carbonyl (C=O) groups is 1. The first-order valence-corrected chi connectivity index (χ1v) is 10.6. The number of hydrogen-bond donors (Lipinski definition) is 1. The largest absolute Gasteiger partial charge is 0.346 e. The van der Waals surface area contributed by atoms with E-state index in [1.807, 2.05) is 25.1 Å². The van der Waals surface area contributed by atoms with Crippen LogP contribution in [0.25, 0.3) is 0 Å². The second kappa shape index (κ2) is 9.29. The van der Waals surface area contributed by atoms with E-state index in [0.717, 1.165) is 29.2 Å². The van der Waals surface area contributed by atoms with Crippen molar-refractivity contribution >= 4 is 17.2 Å². The molecule has 0 saturated carbocycles. The van der Waals surface area contributed by atoms with Gasteiger partial charge in [0.2, 0.25) is 0 Å². The highest BCUT2D eigenvalue weighted by Gasteiger charge is 2.26. The maximum atomic E-state index is 12.5. The molecule has 27 heavy (non-hydrogen) atoms. The number of aryl methyl sites for hydroxylation is 1. The summed E-state index contributed by atoms with van der Waals surface area (Å²) in [5.74, 6) is 0.575. The predicted molar refractivity (Wildman–Crippen MR) is 112 cm³/mol. The van der Waals surface area contributed by atoms with Crippen molar-refractivity contribution in [3.63, 3.8) is 0 Å². The molecule has 4 nitrogen and oxygen atoms in total. The molecule has 2 aromatic rings. The molecule has 1 amide bonds. The number of hydrogen-bond acceptors (Lipinski definition) is 4. The van der Waals surface area contributed by atoms with E-state index in [1.54, 1.807) is 17.5 Å². The van der Waals surface area contributed by atoms with Gasteiger partial charge in [0.1, 0.15) is 0 Å². The normalized spacial score (nSPS) is 17.9. The monoisotopic (exact) mass is 383 g/mol. The van der Waals surface area contributed by atoms with Crippen molar-refractivity contribution in [2.45, 2.75) is 46.2 Å². The second-order valence-corrected chi connectivity index (χ2v) is 8.59. The third-order valence-electron chi connectivity index (χ3n) is 4.94. The minimum Gasteiger partial charge on any atom is -0.346 e. The topological polar surface area (TPSA) is 45.2 Å². The average molecular weight is 384 g/mol. The number of carbonyl (C=O) groups excluding carboxylic acids is 1. The Balaban J connectivity index is 1.60. The first kappa shape index (κ1) is 19.8. The number of nitrogens with zero attached hydrogens (tertiary/aromatic N) is 2. The van der Waals surface area contributed by atoms with Gasteiger partial charge in [-0.15, -0.1) is 11.3 Å². The Morgan fingerprint density at radius 3 is 3.04 bits per heavy atom. The molecule has 1 aliphatic heterocycles. The van der Waals surface area contributed by atoms with Gasteiger partial charge in [-0.05, 0) is 56.0 Å². The number of aromatic nitrogens is 1. The highest BCUT2D eigenvalue weighted by molar-refractivity contribution is 7.14. The van der Waals surface area contributed by atoms with Crippen LogP contribution >= 0.6 is 11.3 Å². The molecular formula is C22H29N3OS. The van der Waals surface area contributed by atoms with Gasteiger partial charge < -0.3 is 5.32 Å². The number of thiophene rings is 1. The first-order chi connectivity index (χ1) is 13.0. The van der Waals surface area contributed by atoms with Gasteiger partial charge >= 0.3 is 0 Å². The molecule has 0 aromatic carbocycles. The van der Waals surface area contributed by atoms with Gasteiger partial charge in [0, 0.05) is 23.7 Å². The molecule has 1 unspecified atom stereocenters. The summed E-state index contributed by atoms with van der Waals surface area (Å²) in [6, 6.07) is 8.45. The van der Waals surface area contributed by atoms with Gasteiger partial charge in [-0.25, -0.2) is 0 Å². The fraction of sp³-hybridized carbons (Fsp3) is 0.455. The molecule has 1 aliphatic rings. The molecule has 5 heteroatoms. The molecule has 144 valence electrons. The zero-order chi connectivity index (χ0) is 19.2. The van der Waals surface area contributed by atoms with Crippen molar-refractivity contribution in [1.82, 2.24) is 15.2 Å². The number of likely N-dealkylation sites (tertiary alicyclic amines) is 1. The Morgan fingerprint density at radius 1 is 1.41 bits per heavy atom. The minimum atomic E-state index is -0.0134. The fourth-order valence-corrected chi connectivity index (χ4v) is 4.54. The summed E-state index contributed by atoms with van der Waals surface area (Å²) < 4.78 is 0. The van der Waals surface area contributed by atoms with Crippen LogP contribution in [-0.4, -0.2) is 28.9 Å². The molecule has 0 aliphatic carbocycles. The van der Waals surface area contributed by atoms with Gasteiger partial charge in [0.15, 0.2) is 0 Å². The van der Waals surface area contributed by atoms with Crippen LogP contribution < -0.4 is 5.32 Å². The molecule has 1 atom stereocenters. The van der Waals surface area contributed by atoms with E-state index in [2.05, 4.69) is 47.3 Å². The highest BCUT2D eigenvalue weighted by atomic mass is 32.1. The summed E-state index contributed by atoms with van der Waals surface area (Å²) in [5.41, 5.74) is 2.02. The van der Waals surface area contributed by atoms with Crippen molar-refractivity contribution in [2.24, 2.45) is 5.92 Å². The lowest BCUT2D eigenvalue weighted by atomic mass is 10.1. The van der Waals surface area contributed by atoms with Crippen LogP contribution in [0.3, 0.4) is 0 Å². The predicted octanol–water partition coefficient (Wildman–Crippen LogP) is 4.73. The lowest BCUT2D eigenvalue weighted by Crippen LogP contribution is -2.23. The highest BCUT2D eigenvalue weighted by Crippen LogP contribution is 2.35. The summed E-state index contributed by atoms with van der Waals surface area (Å²) in [5, 5.41) is 3.00. The quantitative estimate of drug-likeness (QED) is 0.703. The minimum absolute atomic E-state index is 0.0134. The third kappa shape index (κ3) is 5.27. The van der Waals surface area contributed by atoms with Crippen molar-refractivity contribution < 1.29 is 4.79 Å². The van der Waals surface area contributed by atoms with Crippen molar-refractivity contribution in [3.05, 3.63) is 63.6 Å². The van der Waals surface area contributed by atoms with Crippen molar-refractivity contribution in [3.8, 4) is 0 Å². The van der Waals surface area contributed by atoms with Gasteiger partial charge in [0.25, 0.3) is 5.91 Å².